The molecular weight excluding hydrogens is 232 g/mol. The Balaban J connectivity index is 2.16. The molecule has 4 N–H and O–H groups in total. The molecule has 0 aliphatic carbocycles. The van der Waals surface area contributed by atoms with Gasteiger partial charge in [0.1, 0.15) is 12.2 Å². The van der Waals surface area contributed by atoms with E-state index in [-0.39, 0.29) is 17.5 Å². The van der Waals surface area contributed by atoms with Crippen LogP contribution in [0.5, 0.6) is 11.5 Å². The normalized spacial score (nSPS) is 12.6. The summed E-state index contributed by atoms with van der Waals surface area (Å²) >= 11 is 0. The highest BCUT2D eigenvalue weighted by molar-refractivity contribution is 5.40. The fraction of sp³-hybridized carbons (Fsp3) is 0.333. The number of nitrogens with two attached hydrogens (primary N) is 1. The predicted octanol–water partition coefficient (Wildman–Crippen LogP) is 0.952. The Morgan fingerprint density at radius 3 is 2.78 bits per heavy atom. The monoisotopic (exact) mass is 248 g/mol. The molecule has 0 bridgehead atoms. The topological polar surface area (TPSA) is 97.2 Å². The maximum atomic E-state index is 9.42. The predicted molar refractivity (Wildman–Crippen MR) is 66.1 cm³/mol. The van der Waals surface area contributed by atoms with Crippen molar-refractivity contribution in [3.05, 3.63) is 35.9 Å². The first-order valence-corrected chi connectivity index (χ1v) is 5.76. The molecule has 1 atom stereocenters. The molecule has 1 aromatic carbocycles. The fourth-order valence-electron chi connectivity index (χ4n) is 1.85. The van der Waals surface area contributed by atoms with E-state index in [1.165, 1.54) is 18.5 Å². The summed E-state index contributed by atoms with van der Waals surface area (Å²) in [5.41, 5.74) is 6.91. The minimum absolute atomic E-state index is 0.135. The lowest BCUT2D eigenvalue weighted by atomic mass is 10.1. The number of aromatic hydroxyl groups is 2. The van der Waals surface area contributed by atoms with Gasteiger partial charge in [0.25, 0.3) is 0 Å². The van der Waals surface area contributed by atoms with Gasteiger partial charge in [0.15, 0.2) is 11.5 Å². The fourth-order valence-corrected chi connectivity index (χ4v) is 1.85. The van der Waals surface area contributed by atoms with Crippen LogP contribution in [-0.4, -0.2) is 25.0 Å². The van der Waals surface area contributed by atoms with Gasteiger partial charge in [-0.2, -0.15) is 5.10 Å². The molecule has 0 saturated heterocycles. The van der Waals surface area contributed by atoms with Crippen molar-refractivity contribution >= 4 is 0 Å². The van der Waals surface area contributed by atoms with Crippen LogP contribution in [0.25, 0.3) is 0 Å². The third kappa shape index (κ3) is 2.43. The Morgan fingerprint density at radius 1 is 1.33 bits per heavy atom. The largest absolute Gasteiger partial charge is 0.504 e. The van der Waals surface area contributed by atoms with Crippen molar-refractivity contribution in [2.45, 2.75) is 25.9 Å². The minimum Gasteiger partial charge on any atom is -0.504 e. The molecule has 2 aromatic rings. The molecule has 1 heterocycles. The molecule has 0 fully saturated rings. The summed E-state index contributed by atoms with van der Waals surface area (Å²) in [5.74, 6) is 0.436. The Bertz CT molecular complexity index is 539. The van der Waals surface area contributed by atoms with Gasteiger partial charge in [-0.15, -0.1) is 0 Å². The first kappa shape index (κ1) is 12.4. The van der Waals surface area contributed by atoms with E-state index in [0.717, 1.165) is 5.56 Å². The number of rotatable bonds is 4. The highest BCUT2D eigenvalue weighted by atomic mass is 16.3. The second-order valence-corrected chi connectivity index (χ2v) is 4.07. The lowest BCUT2D eigenvalue weighted by Gasteiger charge is -2.12. The van der Waals surface area contributed by atoms with Crippen molar-refractivity contribution in [3.63, 3.8) is 0 Å². The first-order valence-electron chi connectivity index (χ1n) is 5.76. The molecule has 18 heavy (non-hydrogen) atoms. The molecule has 1 aromatic heterocycles. The number of aromatic nitrogens is 3. The zero-order valence-corrected chi connectivity index (χ0v) is 10.1. The van der Waals surface area contributed by atoms with Crippen LogP contribution in [0.2, 0.25) is 0 Å². The van der Waals surface area contributed by atoms with Gasteiger partial charge in [0.2, 0.25) is 0 Å². The van der Waals surface area contributed by atoms with Crippen molar-refractivity contribution in [2.24, 2.45) is 5.73 Å². The lowest BCUT2D eigenvalue weighted by molar-refractivity contribution is 0.403. The van der Waals surface area contributed by atoms with Crippen LogP contribution in [0.1, 0.15) is 24.4 Å². The van der Waals surface area contributed by atoms with E-state index in [4.69, 9.17) is 5.73 Å². The lowest BCUT2D eigenvalue weighted by Crippen LogP contribution is -2.19. The van der Waals surface area contributed by atoms with Gasteiger partial charge >= 0.3 is 0 Å². The van der Waals surface area contributed by atoms with Crippen molar-refractivity contribution < 1.29 is 10.2 Å². The molecule has 1 unspecified atom stereocenters. The second kappa shape index (κ2) is 5.05. The molecule has 0 amide bonds. The molecular formula is C12H16N4O2. The van der Waals surface area contributed by atoms with Crippen LogP contribution < -0.4 is 5.73 Å². The zero-order valence-electron chi connectivity index (χ0n) is 10.1. The quantitative estimate of drug-likeness (QED) is 0.700. The SMILES string of the molecule is CCn1ncnc1C(N)Cc1ccc(O)c(O)c1. The summed E-state index contributed by atoms with van der Waals surface area (Å²) in [5, 5.41) is 22.7. The van der Waals surface area contributed by atoms with Crippen LogP contribution in [-0.2, 0) is 13.0 Å². The average Bonchev–Trinajstić information content (AvgIpc) is 2.82. The molecule has 0 aliphatic rings. The van der Waals surface area contributed by atoms with E-state index < -0.39 is 0 Å². The number of phenolic OH excluding ortho intramolecular Hbond substituents is 2. The summed E-state index contributed by atoms with van der Waals surface area (Å²) in [6, 6.07) is 4.38. The summed E-state index contributed by atoms with van der Waals surface area (Å²) in [6.45, 7) is 2.68. The van der Waals surface area contributed by atoms with E-state index in [9.17, 15) is 10.2 Å². The second-order valence-electron chi connectivity index (χ2n) is 4.07. The molecule has 2 rings (SSSR count). The standard InChI is InChI=1S/C12H16N4O2/c1-2-16-12(14-7-15-16)9(13)5-8-3-4-10(17)11(18)6-8/h3-4,6-7,9,17-18H,2,5,13H2,1H3. The Kier molecular flexibility index (Phi) is 3.47. The summed E-state index contributed by atoms with van der Waals surface area (Å²) in [7, 11) is 0. The molecule has 6 heteroatoms. The van der Waals surface area contributed by atoms with E-state index >= 15 is 0 Å². The number of hydrogen-bond acceptors (Lipinski definition) is 5. The Labute approximate surface area is 105 Å². The minimum atomic E-state index is -0.295. The van der Waals surface area contributed by atoms with Gasteiger partial charge < -0.3 is 15.9 Å². The number of benzene rings is 1. The van der Waals surface area contributed by atoms with E-state index in [2.05, 4.69) is 10.1 Å². The molecule has 0 saturated carbocycles. The average molecular weight is 248 g/mol. The van der Waals surface area contributed by atoms with Crippen LogP contribution in [0, 0.1) is 0 Å². The smallest absolute Gasteiger partial charge is 0.157 e. The highest BCUT2D eigenvalue weighted by Gasteiger charge is 2.14. The van der Waals surface area contributed by atoms with Crippen molar-refractivity contribution in [3.8, 4) is 11.5 Å². The van der Waals surface area contributed by atoms with E-state index in [1.54, 1.807) is 10.7 Å². The van der Waals surface area contributed by atoms with Crippen LogP contribution in [0.4, 0.5) is 0 Å². The number of hydrogen-bond donors (Lipinski definition) is 3. The van der Waals surface area contributed by atoms with E-state index in [1.807, 2.05) is 6.92 Å². The molecule has 6 nitrogen and oxygen atoms in total. The maximum Gasteiger partial charge on any atom is 0.157 e. The van der Waals surface area contributed by atoms with Gasteiger partial charge in [-0.3, -0.25) is 0 Å². The van der Waals surface area contributed by atoms with Gasteiger partial charge in [0, 0.05) is 6.54 Å². The van der Waals surface area contributed by atoms with Crippen molar-refractivity contribution in [1.82, 2.24) is 14.8 Å². The van der Waals surface area contributed by atoms with Gasteiger partial charge in [-0.05, 0) is 31.0 Å². The third-order valence-corrected chi connectivity index (χ3v) is 2.77. The van der Waals surface area contributed by atoms with Crippen LogP contribution in [0.3, 0.4) is 0 Å². The maximum absolute atomic E-state index is 9.42. The van der Waals surface area contributed by atoms with Crippen molar-refractivity contribution in [2.75, 3.05) is 0 Å². The molecule has 0 spiro atoms. The molecule has 0 aliphatic heterocycles. The molecule has 0 radical (unpaired) electrons. The van der Waals surface area contributed by atoms with Gasteiger partial charge in [0.05, 0.1) is 6.04 Å². The van der Waals surface area contributed by atoms with Crippen LogP contribution >= 0.6 is 0 Å². The summed E-state index contributed by atoms with van der Waals surface area (Å²) in [6.07, 6.45) is 2.00. The number of aryl methyl sites for hydroxylation is 1. The molecule has 96 valence electrons. The number of phenols is 2. The van der Waals surface area contributed by atoms with Gasteiger partial charge in [-0.1, -0.05) is 6.07 Å². The van der Waals surface area contributed by atoms with Crippen molar-refractivity contribution in [1.29, 1.82) is 0 Å². The first-order chi connectivity index (χ1) is 8.61. The highest BCUT2D eigenvalue weighted by Crippen LogP contribution is 2.26. The summed E-state index contributed by atoms with van der Waals surface area (Å²) in [4.78, 5) is 4.14. The Morgan fingerprint density at radius 2 is 2.11 bits per heavy atom. The van der Waals surface area contributed by atoms with Gasteiger partial charge in [-0.25, -0.2) is 9.67 Å². The zero-order chi connectivity index (χ0) is 13.1. The third-order valence-electron chi connectivity index (χ3n) is 2.77. The summed E-state index contributed by atoms with van der Waals surface area (Å²) < 4.78 is 1.74. The number of nitrogens with zero attached hydrogens (tertiary/aromatic N) is 3. The van der Waals surface area contributed by atoms with E-state index in [0.29, 0.717) is 18.8 Å². The van der Waals surface area contributed by atoms with Crippen LogP contribution in [0.15, 0.2) is 24.5 Å². The Hall–Kier alpha value is -2.08.